The molecule has 2 saturated heterocycles. The van der Waals surface area contributed by atoms with Crippen LogP contribution in [0.25, 0.3) is 5.00 Å². The Balaban J connectivity index is 0.000000403. The summed E-state index contributed by atoms with van der Waals surface area (Å²) in [7, 11) is -4.01. The fourth-order valence-electron chi connectivity index (χ4n) is 13.3. The summed E-state index contributed by atoms with van der Waals surface area (Å²) < 4.78 is 96.7. The number of nitriles is 1. The molecular weight excluding hydrogens is 2010 g/mol. The molecule has 39 nitrogen and oxygen atoms in total. The molecule has 3 aromatic carbocycles. The fourth-order valence-corrected chi connectivity index (χ4v) is 15.2. The molecule has 0 aliphatic carbocycles. The van der Waals surface area contributed by atoms with E-state index in [1.165, 1.54) is 13.0 Å². The molecule has 0 spiro atoms. The van der Waals surface area contributed by atoms with E-state index in [9.17, 15) is 64.0 Å². The summed E-state index contributed by atoms with van der Waals surface area (Å²) in [5.41, 5.74) is 8.37. The Bertz CT molecular complexity index is 6520. The van der Waals surface area contributed by atoms with E-state index in [0.29, 0.717) is 68.8 Å². The minimum absolute atomic E-state index is 0. The van der Waals surface area contributed by atoms with Crippen LogP contribution in [-0.4, -0.2) is 238 Å². The van der Waals surface area contributed by atoms with Crippen LogP contribution < -0.4 is 76.7 Å². The second-order valence-corrected chi connectivity index (χ2v) is 36.4. The van der Waals surface area contributed by atoms with Gasteiger partial charge >= 0.3 is 51.4 Å². The number of thiophene rings is 1. The first-order valence-electron chi connectivity index (χ1n) is 44.4. The second kappa shape index (κ2) is 64.7. The predicted molar refractivity (Wildman–Crippen MR) is 522 cm³/mol. The number of alkyl halides is 3. The Labute approximate surface area is 890 Å². The number of amides is 8. The Morgan fingerprint density at radius 3 is 1.40 bits per heavy atom. The van der Waals surface area contributed by atoms with E-state index < -0.39 is 92.8 Å². The van der Waals surface area contributed by atoms with E-state index in [1.54, 1.807) is 111 Å². The van der Waals surface area contributed by atoms with E-state index in [2.05, 4.69) is 118 Å². The minimum atomic E-state index is -3.32. The van der Waals surface area contributed by atoms with Crippen molar-refractivity contribution in [2.24, 2.45) is 4.99 Å². The number of imide groups is 4. The van der Waals surface area contributed by atoms with E-state index in [0.717, 1.165) is 146 Å². The zero-order valence-corrected chi connectivity index (χ0v) is 86.9. The number of aryl methyl sites for hydroxylation is 5. The maximum absolute atomic E-state index is 13.3. The van der Waals surface area contributed by atoms with Crippen molar-refractivity contribution < 1.29 is 157 Å². The van der Waals surface area contributed by atoms with Crippen molar-refractivity contribution in [2.45, 2.75) is 162 Å². The maximum atomic E-state index is 13.3. The van der Waals surface area contributed by atoms with E-state index in [4.69, 9.17) is 91.6 Å². The predicted octanol–water partition coefficient (Wildman–Crippen LogP) is 6.46. The SMILES string of the molecule is C#Cc1cn[nH]c1.C#Cc1cnn(CCCCO)c1.C#Cc1cnn(CCCCOS(C)(=O)=O)c1.C#Cc1cnn(CCCCOc2cccc3c2C(=O)N(C2CCC(=O)NC2=O)C3=O)c1.CC#N.CS(=O)(=O)Cl.Cc1c(C#Cc2cnn(CCCCOc3cccc4c3C(=O)N(C3CCC(=O)NC3=O)C4=O)c2)sc2c1C(c1ccc(Cl)cc1)=N[C@@H](C)c1nnc(C)n1-2.O=CO[O-].OCCCCCl.[2H]CF.[2H]CF.[K+]. The van der Waals surface area contributed by atoms with E-state index >= 15 is 0 Å². The van der Waals surface area contributed by atoms with Crippen LogP contribution >= 0.6 is 45.2 Å². The molecule has 5 N–H and O–H groups in total. The number of terminal acetylenes is 4. The number of nitrogens with one attached hydrogen (secondary N) is 3. The number of halogens is 5. The average molecular weight is 2110 g/mol. The Kier molecular flexibility index (Phi) is 53.8. The molecule has 5 aliphatic heterocycles. The number of H-pyrrole nitrogens is 1. The number of aromatic nitrogens is 13. The maximum Gasteiger partial charge on any atom is 1.00 e. The first-order valence-corrected chi connectivity index (χ1v) is 49.3. The number of unbranched alkanes of at least 4 members (excludes halogenated alkanes) is 5. The number of aliphatic imine (C=N–C) groups is 1. The molecule has 0 bridgehead atoms. The number of aliphatic hydroxyl groups excluding tert-OH is 2. The zero-order chi connectivity index (χ0) is 106. The van der Waals surface area contributed by atoms with Gasteiger partial charge in [-0.3, -0.25) is 110 Å². The van der Waals surface area contributed by atoms with Crippen LogP contribution in [0.3, 0.4) is 0 Å². The Morgan fingerprint density at radius 2 is 1.03 bits per heavy atom. The Morgan fingerprint density at radius 1 is 0.615 bits per heavy atom. The monoisotopic (exact) mass is 2110 g/mol. The van der Waals surface area contributed by atoms with Crippen molar-refractivity contribution in [3.8, 4) is 83.8 Å². The molecule has 48 heteroatoms. The molecule has 7 aromatic heterocycles. The summed E-state index contributed by atoms with van der Waals surface area (Å²) in [6, 6.07) is 16.9. The van der Waals surface area contributed by atoms with Crippen LogP contribution in [0, 0.1) is 86.4 Å². The molecule has 10 aromatic rings. The van der Waals surface area contributed by atoms with Crippen LogP contribution in [0.15, 0.2) is 128 Å². The van der Waals surface area contributed by atoms with Gasteiger partial charge in [0, 0.05) is 123 Å². The van der Waals surface area contributed by atoms with Crippen LogP contribution in [-0.2, 0) is 78.4 Å². The quantitative estimate of drug-likeness (QED) is 0.00320. The standard InChI is InChI=1S/C39H33ClN8O5S.C22H20N4O5.C10H14N2O3S.C9H12N2O.C5H4N2.C4H9ClO.C2H3N.CH3ClO2S.2CH3F.CH2O3.K/c1-21-30(54-39-32(21)34(25-10-12-26(40)13-11-25)42-22(2)35-45-44-23(3)47(35)39)15-9-24-19-41-46(20-24)17-4-5-18-53-29-8-6-7-27-33(29)38(52)48(37(27)51)28-14-16-31(49)43-36(28)50;1-2-14-12-23-25(13-14)10-3-4-11-31-17-7-5-6-15-19(17)22(30)26(21(15)29)16-8-9-18(27)24-20(16)28;1-3-10-8-11-12(9-10)6-4-5-7-15-16(2,13)14;1-2-9-7-10-11(8-9)5-3-4-6-12;1-2-5-3-6-7-4-5;5-3-1-2-4-6;1-2-3;1-5(2,3)4;2*1-2;2-1-4-3;/h6-8,10-13,19-20,22,28H,4-5,14,16-18H2,1-3H3,(H,43,49,50);1,5-7,12-13,16H,3-4,8-11H2,(H,24,27,28);1,8-9H,4-7H2,2H3;1,7-8,12H,3-6H2;1,3-4H,(H,6,7);6H,1-4H2;1H3;1H3;2*1H3;1,3H;/q;;;;;;;;;;;+1/p-1/t22-,28?;;;;;;;;;;;/m0.........../s1/i;;;;;;;;2*1D;;. The van der Waals surface area contributed by atoms with Gasteiger partial charge in [0.05, 0.1) is 147 Å². The molecule has 143 heavy (non-hydrogen) atoms. The summed E-state index contributed by atoms with van der Waals surface area (Å²) in [6.45, 7) is 11.5. The summed E-state index contributed by atoms with van der Waals surface area (Å²) in [5, 5.41) is 70.2. The number of aliphatic hydroxyl groups is 2. The molecule has 2 unspecified atom stereocenters. The normalized spacial score (nSPS) is 14.3. The van der Waals surface area contributed by atoms with Crippen molar-refractivity contribution in [1.82, 2.24) is 84.5 Å². The summed E-state index contributed by atoms with van der Waals surface area (Å²) in [6.07, 6.45) is 48.1. The smallest absolute Gasteiger partial charge is 0.662 e. The van der Waals surface area contributed by atoms with Crippen molar-refractivity contribution in [3.63, 3.8) is 0 Å². The molecule has 8 amide bonds. The van der Waals surface area contributed by atoms with Crippen molar-refractivity contribution in [2.75, 3.05) is 65.7 Å². The molecule has 2 fully saturated rings. The second-order valence-electron chi connectivity index (χ2n) is 29.9. The number of fused-ring (bicyclic) bond motifs is 5. The van der Waals surface area contributed by atoms with Crippen LogP contribution in [0.5, 0.6) is 11.5 Å². The van der Waals surface area contributed by atoms with E-state index in [1.807, 2.05) is 55.2 Å². The van der Waals surface area contributed by atoms with Crippen LogP contribution in [0.4, 0.5) is 8.78 Å². The molecular formula is C95H105Cl3F2KN19O20S3. The summed E-state index contributed by atoms with van der Waals surface area (Å²) in [5.74, 6) is 15.0. The van der Waals surface area contributed by atoms with Gasteiger partial charge in [-0.25, -0.2) is 8.42 Å². The largest absolute Gasteiger partial charge is 1.00 e. The molecule has 12 heterocycles. The van der Waals surface area contributed by atoms with Crippen molar-refractivity contribution >= 4 is 124 Å². The van der Waals surface area contributed by atoms with Crippen LogP contribution in [0.1, 0.15) is 215 Å². The number of nitrogens with zero attached hydrogens (tertiary/aromatic N) is 16. The first kappa shape index (κ1) is 119. The topological polar surface area (TPSA) is 520 Å². The van der Waals surface area contributed by atoms with E-state index in [-0.39, 0.29) is 137 Å². The number of carbonyl (C=O) groups excluding carboxylic acids is 9. The fraction of sp³-hybridized carbons (Fsp3) is 0.368. The third-order valence-corrected chi connectivity index (χ3v) is 22.0. The van der Waals surface area contributed by atoms with Gasteiger partial charge in [-0.2, -0.15) is 39.2 Å². The minimum Gasteiger partial charge on any atom is -0.662 e. The van der Waals surface area contributed by atoms with Crippen molar-refractivity contribution in [1.29, 1.82) is 5.26 Å². The van der Waals surface area contributed by atoms with Gasteiger partial charge in [-0.15, -0.1) is 58.8 Å². The number of rotatable bonds is 29. The van der Waals surface area contributed by atoms with Gasteiger partial charge in [0.2, 0.25) is 32.7 Å². The first-order chi connectivity index (χ1) is 69.0. The van der Waals surface area contributed by atoms with Gasteiger partial charge in [0.1, 0.15) is 40.5 Å². The Hall–Kier alpha value is -12.8. The molecule has 3 atom stereocenters. The summed E-state index contributed by atoms with van der Waals surface area (Å²) >= 11 is 13.1. The van der Waals surface area contributed by atoms with Gasteiger partial charge in [-0.05, 0) is 140 Å². The zero-order valence-electron chi connectivity index (χ0n) is 81.1. The molecule has 5 aliphatic rings. The molecule has 15 rings (SSSR count). The number of hydrogen-bond acceptors (Lipinski definition) is 30. The number of piperidine rings is 2. The molecule has 0 radical (unpaired) electrons. The number of ether oxygens (including phenoxy) is 2. The van der Waals surface area contributed by atoms with Gasteiger partial charge in [-0.1, -0.05) is 71.4 Å². The third kappa shape index (κ3) is 39.5. The van der Waals surface area contributed by atoms with Crippen LogP contribution in [0.2, 0.25) is 5.02 Å². The average Bonchev–Trinajstić information content (AvgIpc) is 1.59. The number of benzene rings is 3. The van der Waals surface area contributed by atoms with Gasteiger partial charge in [0.15, 0.2) is 5.82 Å². The summed E-state index contributed by atoms with van der Waals surface area (Å²) in [4.78, 5) is 119. The molecule has 754 valence electrons. The number of aromatic amines is 1. The molecule has 0 saturated carbocycles. The van der Waals surface area contributed by atoms with Gasteiger partial charge < -0.3 is 29.8 Å². The number of carbonyl (C=O) groups is 9. The third-order valence-electron chi connectivity index (χ3n) is 19.6. The van der Waals surface area contributed by atoms with Gasteiger partial charge in [0.25, 0.3) is 40.2 Å². The van der Waals surface area contributed by atoms with Crippen molar-refractivity contribution in [3.05, 3.63) is 211 Å². The number of hydrogen-bond donors (Lipinski definition) is 5.